The predicted octanol–water partition coefficient (Wildman–Crippen LogP) is 2.87. The molecule has 0 spiro atoms. The van der Waals surface area contributed by atoms with Gasteiger partial charge in [0.15, 0.2) is 5.04 Å². The first kappa shape index (κ1) is 16.4. The summed E-state index contributed by atoms with van der Waals surface area (Å²) in [6.45, 7) is 4.44. The average molecular weight is 321 g/mol. The van der Waals surface area contributed by atoms with Crippen molar-refractivity contribution in [1.82, 2.24) is 0 Å². The van der Waals surface area contributed by atoms with Crippen LogP contribution in [0.25, 0.3) is 0 Å². The largest absolute Gasteiger partial charge is 0.399 e. The van der Waals surface area contributed by atoms with Crippen LogP contribution in [0.4, 0.5) is 0 Å². The first-order valence-corrected chi connectivity index (χ1v) is 7.93. The van der Waals surface area contributed by atoms with Gasteiger partial charge in [0.25, 0.3) is 0 Å². The molecule has 1 heterocycles. The molecule has 0 atom stereocenters. The Bertz CT molecular complexity index is 585. The van der Waals surface area contributed by atoms with E-state index >= 15 is 0 Å². The maximum absolute atomic E-state index is 5.22. The number of oxime groups is 3. The molecule has 0 saturated carbocycles. The molecule has 0 radical (unpaired) electrons. The van der Waals surface area contributed by atoms with Crippen molar-refractivity contribution in [2.24, 2.45) is 15.5 Å². The minimum Gasteiger partial charge on any atom is -0.399 e. The smallest absolute Gasteiger partial charge is 0.165 e. The minimum atomic E-state index is 0.0298. The third kappa shape index (κ3) is 4.49. The van der Waals surface area contributed by atoms with Gasteiger partial charge in [0.1, 0.15) is 25.5 Å². The summed E-state index contributed by atoms with van der Waals surface area (Å²) in [5.74, 6) is 0.828. The van der Waals surface area contributed by atoms with Crippen LogP contribution in [0.1, 0.15) is 25.0 Å². The number of thioether (sulfide) groups is 1. The van der Waals surface area contributed by atoms with Gasteiger partial charge in [-0.05, 0) is 13.8 Å². The molecular formula is C15H19N3O3S. The molecule has 1 aromatic carbocycles. The molecule has 118 valence electrons. The van der Waals surface area contributed by atoms with E-state index in [9.17, 15) is 0 Å². The van der Waals surface area contributed by atoms with Gasteiger partial charge in [-0.1, -0.05) is 51.5 Å². The number of hydrogen-bond donors (Lipinski definition) is 0. The molecule has 1 aliphatic heterocycles. The lowest BCUT2D eigenvalue weighted by atomic mass is 10.0. The Kier molecular flexibility index (Phi) is 6.27. The van der Waals surface area contributed by atoms with Crippen molar-refractivity contribution in [3.8, 4) is 0 Å². The fraction of sp³-hybridized carbons (Fsp3) is 0.400. The van der Waals surface area contributed by atoms with Gasteiger partial charge >= 0.3 is 0 Å². The summed E-state index contributed by atoms with van der Waals surface area (Å²) in [6, 6.07) is 7.72. The zero-order valence-electron chi connectivity index (χ0n) is 12.9. The van der Waals surface area contributed by atoms with E-state index in [0.29, 0.717) is 17.4 Å². The molecule has 0 amide bonds. The van der Waals surface area contributed by atoms with E-state index in [1.165, 1.54) is 7.11 Å². The molecule has 0 aliphatic carbocycles. The molecule has 0 saturated heterocycles. The van der Waals surface area contributed by atoms with Gasteiger partial charge in [-0.15, -0.1) is 0 Å². The van der Waals surface area contributed by atoms with E-state index in [-0.39, 0.29) is 6.10 Å². The summed E-state index contributed by atoms with van der Waals surface area (Å²) in [6.07, 6.45) is 1.69. The van der Waals surface area contributed by atoms with Crippen LogP contribution in [0.5, 0.6) is 0 Å². The summed E-state index contributed by atoms with van der Waals surface area (Å²) in [4.78, 5) is 15.4. The van der Waals surface area contributed by atoms with Gasteiger partial charge in [0.05, 0.1) is 6.21 Å². The maximum Gasteiger partial charge on any atom is 0.165 e. The first-order valence-electron chi connectivity index (χ1n) is 6.95. The lowest BCUT2D eigenvalue weighted by Gasteiger charge is -2.14. The molecule has 0 fully saturated rings. The van der Waals surface area contributed by atoms with E-state index in [0.717, 1.165) is 16.9 Å². The Balaban J connectivity index is 2.34. The van der Waals surface area contributed by atoms with Gasteiger partial charge in [0.2, 0.25) is 0 Å². The highest BCUT2D eigenvalue weighted by molar-refractivity contribution is 8.15. The van der Waals surface area contributed by atoms with Crippen molar-refractivity contribution in [2.45, 2.75) is 20.0 Å². The van der Waals surface area contributed by atoms with Gasteiger partial charge in [0, 0.05) is 16.9 Å². The van der Waals surface area contributed by atoms with Crippen LogP contribution in [0.15, 0.2) is 39.7 Å². The molecule has 6 nitrogen and oxygen atoms in total. The number of nitrogens with zero attached hydrogens (tertiary/aromatic N) is 3. The molecule has 1 aliphatic rings. The maximum atomic E-state index is 5.22. The Morgan fingerprint density at radius 3 is 2.91 bits per heavy atom. The molecule has 0 N–H and O–H groups in total. The Morgan fingerprint density at radius 1 is 1.41 bits per heavy atom. The van der Waals surface area contributed by atoms with Gasteiger partial charge < -0.3 is 14.5 Å². The summed E-state index contributed by atoms with van der Waals surface area (Å²) in [7, 11) is 1.51. The van der Waals surface area contributed by atoms with Gasteiger partial charge in [-0.2, -0.15) is 0 Å². The van der Waals surface area contributed by atoms with E-state index in [1.54, 1.807) is 18.0 Å². The molecule has 1 aromatic rings. The van der Waals surface area contributed by atoms with Crippen LogP contribution < -0.4 is 0 Å². The van der Waals surface area contributed by atoms with Crippen LogP contribution in [-0.4, -0.2) is 42.5 Å². The summed E-state index contributed by atoms with van der Waals surface area (Å²) in [5, 5.41) is 12.9. The van der Waals surface area contributed by atoms with Crippen molar-refractivity contribution in [1.29, 1.82) is 0 Å². The fourth-order valence-corrected chi connectivity index (χ4v) is 2.49. The predicted molar refractivity (Wildman–Crippen MR) is 89.6 cm³/mol. The highest BCUT2D eigenvalue weighted by atomic mass is 32.2. The monoisotopic (exact) mass is 321 g/mol. The number of rotatable bonds is 6. The second-order valence-electron chi connectivity index (χ2n) is 4.68. The second-order valence-corrected chi connectivity index (χ2v) is 5.76. The van der Waals surface area contributed by atoms with Gasteiger partial charge in [-0.3, -0.25) is 0 Å². The molecule has 7 heteroatoms. The number of hydrogen-bond acceptors (Lipinski definition) is 7. The van der Waals surface area contributed by atoms with Crippen molar-refractivity contribution in [3.63, 3.8) is 0 Å². The van der Waals surface area contributed by atoms with Crippen LogP contribution in [-0.2, 0) is 14.5 Å². The lowest BCUT2D eigenvalue weighted by Crippen LogP contribution is -2.19. The third-order valence-corrected chi connectivity index (χ3v) is 3.54. The zero-order valence-corrected chi connectivity index (χ0v) is 13.7. The topological polar surface area (TPSA) is 64.8 Å². The first-order chi connectivity index (χ1) is 10.7. The van der Waals surface area contributed by atoms with Crippen LogP contribution in [0.3, 0.4) is 0 Å². The highest BCUT2D eigenvalue weighted by Gasteiger charge is 2.19. The van der Waals surface area contributed by atoms with E-state index in [1.807, 2.05) is 38.1 Å². The third-order valence-electron chi connectivity index (χ3n) is 2.63. The molecule has 2 rings (SSSR count). The quantitative estimate of drug-likeness (QED) is 0.597. The van der Waals surface area contributed by atoms with Crippen molar-refractivity contribution >= 4 is 28.7 Å². The van der Waals surface area contributed by atoms with Crippen LogP contribution in [0.2, 0.25) is 0 Å². The van der Waals surface area contributed by atoms with E-state index < -0.39 is 0 Å². The molecule has 22 heavy (non-hydrogen) atoms. The second kappa shape index (κ2) is 8.43. The summed E-state index contributed by atoms with van der Waals surface area (Å²) >= 11 is 1.58. The molecule has 0 aromatic heterocycles. The molecule has 0 bridgehead atoms. The molecule has 0 unspecified atom stereocenters. The lowest BCUT2D eigenvalue weighted by molar-refractivity contribution is 0.0873. The summed E-state index contributed by atoms with van der Waals surface area (Å²) in [5.41, 5.74) is 2.35. The Labute approximate surface area is 134 Å². The Hall–Kier alpha value is -2.02. The normalized spacial score (nSPS) is 15.6. The van der Waals surface area contributed by atoms with E-state index in [2.05, 4.69) is 15.5 Å². The van der Waals surface area contributed by atoms with Crippen molar-refractivity contribution in [3.05, 3.63) is 35.4 Å². The standard InChI is InChI=1S/C15H19N3O3S/c1-11(2)21-16-10-12-6-4-5-7-13(12)14(17-19-3)15-18-20-8-9-22-15/h4-7,10-11H,8-9H2,1-3H3/b16-10-,17-14?. The van der Waals surface area contributed by atoms with Crippen LogP contribution in [0, 0.1) is 0 Å². The van der Waals surface area contributed by atoms with Crippen LogP contribution >= 0.6 is 11.8 Å². The van der Waals surface area contributed by atoms with Gasteiger partial charge in [-0.25, -0.2) is 0 Å². The van der Waals surface area contributed by atoms with Crippen molar-refractivity contribution in [2.75, 3.05) is 19.5 Å². The molecular weight excluding hydrogens is 302 g/mol. The fourth-order valence-electron chi connectivity index (χ4n) is 1.75. The SMILES string of the molecule is CON=C(C1=NOCCS1)c1ccccc1/C=N\OC(C)C. The highest BCUT2D eigenvalue weighted by Crippen LogP contribution is 2.18. The number of benzene rings is 1. The zero-order chi connectivity index (χ0) is 15.8. The average Bonchev–Trinajstić information content (AvgIpc) is 2.54. The Morgan fingerprint density at radius 2 is 2.23 bits per heavy atom. The summed E-state index contributed by atoms with van der Waals surface area (Å²) < 4.78 is 0. The van der Waals surface area contributed by atoms with E-state index in [4.69, 9.17) is 14.5 Å². The minimum absolute atomic E-state index is 0.0298. The van der Waals surface area contributed by atoms with Crippen molar-refractivity contribution < 1.29 is 14.5 Å².